The van der Waals surface area contributed by atoms with Crippen molar-refractivity contribution in [1.82, 2.24) is 0 Å². The summed E-state index contributed by atoms with van der Waals surface area (Å²) in [5, 5.41) is 18.6. The summed E-state index contributed by atoms with van der Waals surface area (Å²) in [6, 6.07) is 3.87. The predicted molar refractivity (Wildman–Crippen MR) is 94.4 cm³/mol. The Morgan fingerprint density at radius 3 is 2.38 bits per heavy atom. The van der Waals surface area contributed by atoms with Gasteiger partial charge in [-0.1, -0.05) is 19.3 Å². The van der Waals surface area contributed by atoms with E-state index < -0.39 is 17.7 Å². The molecule has 2 N–H and O–H groups in total. The second-order valence-electron chi connectivity index (χ2n) is 7.35. The van der Waals surface area contributed by atoms with E-state index in [1.807, 2.05) is 0 Å². The van der Waals surface area contributed by atoms with E-state index in [4.69, 9.17) is 14.6 Å². The molecule has 26 heavy (non-hydrogen) atoms. The van der Waals surface area contributed by atoms with Crippen molar-refractivity contribution < 1.29 is 29.3 Å². The molecule has 1 aromatic rings. The fourth-order valence-electron chi connectivity index (χ4n) is 4.38. The van der Waals surface area contributed by atoms with Crippen molar-refractivity contribution in [2.24, 2.45) is 5.92 Å². The van der Waals surface area contributed by atoms with E-state index in [0.717, 1.165) is 38.5 Å². The number of ether oxygens (including phenoxy) is 2. The van der Waals surface area contributed by atoms with Gasteiger partial charge >= 0.3 is 11.9 Å². The van der Waals surface area contributed by atoms with E-state index in [-0.39, 0.29) is 23.5 Å². The van der Waals surface area contributed by atoms with Gasteiger partial charge in [0.25, 0.3) is 0 Å². The highest BCUT2D eigenvalue weighted by Gasteiger charge is 2.44. The first-order valence-corrected chi connectivity index (χ1v) is 9.41. The number of benzene rings is 1. The summed E-state index contributed by atoms with van der Waals surface area (Å²) >= 11 is 0. The number of hydrogen-bond acceptors (Lipinski definition) is 5. The van der Waals surface area contributed by atoms with Gasteiger partial charge in [0, 0.05) is 6.07 Å². The predicted octanol–water partition coefficient (Wildman–Crippen LogP) is 3.91. The molecule has 2 fully saturated rings. The van der Waals surface area contributed by atoms with E-state index in [0.29, 0.717) is 5.92 Å². The van der Waals surface area contributed by atoms with Crippen molar-refractivity contribution in [2.45, 2.75) is 63.4 Å². The van der Waals surface area contributed by atoms with Crippen molar-refractivity contribution >= 4 is 11.9 Å². The third kappa shape index (κ3) is 4.11. The molecule has 6 heteroatoms. The number of rotatable bonds is 6. The van der Waals surface area contributed by atoms with E-state index in [2.05, 4.69) is 0 Å². The molecule has 0 heterocycles. The lowest BCUT2D eigenvalue weighted by atomic mass is 9.76. The molecule has 0 unspecified atom stereocenters. The molecule has 0 radical (unpaired) electrons. The molecule has 2 saturated carbocycles. The summed E-state index contributed by atoms with van der Waals surface area (Å²) in [4.78, 5) is 23.3. The monoisotopic (exact) mass is 362 g/mol. The molecule has 0 aliphatic heterocycles. The van der Waals surface area contributed by atoms with Crippen LogP contribution in [0.5, 0.6) is 11.5 Å². The molecule has 2 aliphatic carbocycles. The van der Waals surface area contributed by atoms with Crippen LogP contribution in [0.2, 0.25) is 0 Å². The summed E-state index contributed by atoms with van der Waals surface area (Å²) in [7, 11) is 0. The molecule has 0 aromatic heterocycles. The van der Waals surface area contributed by atoms with Gasteiger partial charge < -0.3 is 19.7 Å². The quantitative estimate of drug-likeness (QED) is 0.746. The van der Waals surface area contributed by atoms with Gasteiger partial charge in [0.2, 0.25) is 0 Å². The number of carboxylic acid groups (broad SMARTS) is 1. The first-order valence-electron chi connectivity index (χ1n) is 9.41. The Balaban J connectivity index is 1.59. The van der Waals surface area contributed by atoms with Crippen LogP contribution in [-0.4, -0.2) is 34.4 Å². The third-order valence-corrected chi connectivity index (χ3v) is 5.67. The van der Waals surface area contributed by atoms with Crippen LogP contribution in [0.15, 0.2) is 18.2 Å². The number of hydrogen-bond donors (Lipinski definition) is 2. The first kappa shape index (κ1) is 18.5. The maximum Gasteiger partial charge on any atom is 0.344 e. The summed E-state index contributed by atoms with van der Waals surface area (Å²) in [5.74, 6) is -1.33. The van der Waals surface area contributed by atoms with Crippen LogP contribution in [0.3, 0.4) is 0 Å². The number of aromatic carboxylic acids is 1. The minimum absolute atomic E-state index is 0.206. The highest BCUT2D eigenvalue weighted by atomic mass is 16.6. The molecule has 0 atom stereocenters. The normalized spacial score (nSPS) is 19.8. The molecule has 6 nitrogen and oxygen atoms in total. The topological polar surface area (TPSA) is 93.1 Å². The molecular formula is C20H26O6. The van der Waals surface area contributed by atoms with Gasteiger partial charge in [0.15, 0.2) is 6.61 Å². The van der Waals surface area contributed by atoms with Gasteiger partial charge in [-0.2, -0.15) is 0 Å². The SMILES string of the molecule is O=C(COc1ccc(C(=O)O)c(O)c1)OC1(C2CCCCC2)CCCC1. The number of carbonyl (C=O) groups is 2. The molecule has 0 saturated heterocycles. The van der Waals surface area contributed by atoms with Gasteiger partial charge in [-0.3, -0.25) is 0 Å². The fourth-order valence-corrected chi connectivity index (χ4v) is 4.38. The maximum atomic E-state index is 12.4. The Kier molecular flexibility index (Phi) is 5.69. The van der Waals surface area contributed by atoms with Gasteiger partial charge in [0.05, 0.1) is 0 Å². The number of carboxylic acids is 1. The average molecular weight is 362 g/mol. The summed E-state index contributed by atoms with van der Waals surface area (Å²) in [6.07, 6.45) is 9.96. The van der Waals surface area contributed by atoms with Gasteiger partial charge in [-0.15, -0.1) is 0 Å². The molecule has 142 valence electrons. The van der Waals surface area contributed by atoms with Crippen molar-refractivity contribution in [3.63, 3.8) is 0 Å². The lowest BCUT2D eigenvalue weighted by molar-refractivity contribution is -0.169. The van der Waals surface area contributed by atoms with E-state index in [1.165, 1.54) is 37.5 Å². The maximum absolute atomic E-state index is 12.4. The second-order valence-corrected chi connectivity index (χ2v) is 7.35. The van der Waals surface area contributed by atoms with Crippen LogP contribution < -0.4 is 4.74 Å². The molecule has 0 spiro atoms. The zero-order valence-electron chi connectivity index (χ0n) is 14.9. The zero-order valence-corrected chi connectivity index (χ0v) is 14.9. The smallest absolute Gasteiger partial charge is 0.344 e. The number of aromatic hydroxyl groups is 1. The fraction of sp³-hybridized carbons (Fsp3) is 0.600. The van der Waals surface area contributed by atoms with E-state index >= 15 is 0 Å². The van der Waals surface area contributed by atoms with Crippen LogP contribution in [-0.2, 0) is 9.53 Å². The van der Waals surface area contributed by atoms with Crippen molar-refractivity contribution in [2.75, 3.05) is 6.61 Å². The van der Waals surface area contributed by atoms with Crippen LogP contribution in [0.4, 0.5) is 0 Å². The molecule has 3 rings (SSSR count). The Bertz CT molecular complexity index is 656. The molecule has 2 aliphatic rings. The van der Waals surface area contributed by atoms with Crippen LogP contribution >= 0.6 is 0 Å². The number of phenols is 1. The van der Waals surface area contributed by atoms with E-state index in [1.54, 1.807) is 0 Å². The Hall–Kier alpha value is -2.24. The van der Waals surface area contributed by atoms with Gasteiger partial charge in [-0.25, -0.2) is 9.59 Å². The first-order chi connectivity index (χ1) is 12.5. The Morgan fingerprint density at radius 2 is 1.77 bits per heavy atom. The third-order valence-electron chi connectivity index (χ3n) is 5.67. The minimum Gasteiger partial charge on any atom is -0.507 e. The highest BCUT2D eigenvalue weighted by molar-refractivity contribution is 5.90. The number of esters is 1. The van der Waals surface area contributed by atoms with E-state index in [9.17, 15) is 14.7 Å². The van der Waals surface area contributed by atoms with Crippen molar-refractivity contribution in [1.29, 1.82) is 0 Å². The minimum atomic E-state index is -1.22. The van der Waals surface area contributed by atoms with Crippen molar-refractivity contribution in [3.8, 4) is 11.5 Å². The zero-order chi connectivity index (χ0) is 18.6. The average Bonchev–Trinajstić information content (AvgIpc) is 3.10. The lowest BCUT2D eigenvalue weighted by Crippen LogP contribution is -2.42. The highest BCUT2D eigenvalue weighted by Crippen LogP contribution is 2.45. The van der Waals surface area contributed by atoms with Crippen LogP contribution in [0.25, 0.3) is 0 Å². The number of carbonyl (C=O) groups excluding carboxylic acids is 1. The Morgan fingerprint density at radius 1 is 1.08 bits per heavy atom. The molecule has 1 aromatic carbocycles. The largest absolute Gasteiger partial charge is 0.507 e. The summed E-state index contributed by atoms with van der Waals surface area (Å²) < 4.78 is 11.3. The molecular weight excluding hydrogens is 336 g/mol. The van der Waals surface area contributed by atoms with Gasteiger partial charge in [-0.05, 0) is 56.6 Å². The summed E-state index contributed by atoms with van der Waals surface area (Å²) in [6.45, 7) is -0.250. The molecule has 0 bridgehead atoms. The standard InChI is InChI=1S/C20H26O6/c21-17-12-15(8-9-16(17)19(23)24)25-13-18(22)26-20(10-4-5-11-20)14-6-2-1-3-7-14/h8-9,12,14,21H,1-7,10-11,13H2,(H,23,24). The van der Waals surface area contributed by atoms with Crippen molar-refractivity contribution in [3.05, 3.63) is 23.8 Å². The van der Waals surface area contributed by atoms with Crippen LogP contribution in [0, 0.1) is 5.92 Å². The van der Waals surface area contributed by atoms with Crippen LogP contribution in [0.1, 0.15) is 68.1 Å². The molecule has 0 amide bonds. The lowest BCUT2D eigenvalue weighted by Gasteiger charge is -2.39. The summed E-state index contributed by atoms with van der Waals surface area (Å²) in [5.41, 5.74) is -0.543. The van der Waals surface area contributed by atoms with Gasteiger partial charge in [0.1, 0.15) is 22.7 Å². The second kappa shape index (κ2) is 7.98. The Labute approximate surface area is 153 Å².